The second-order valence-electron chi connectivity index (χ2n) is 7.57. The third kappa shape index (κ3) is 5.98. The Morgan fingerprint density at radius 3 is 2.71 bits per heavy atom. The van der Waals surface area contributed by atoms with E-state index in [1.54, 1.807) is 23.7 Å². The van der Waals surface area contributed by atoms with Gasteiger partial charge in [-0.3, -0.25) is 0 Å². The number of anilines is 2. The van der Waals surface area contributed by atoms with E-state index in [0.717, 1.165) is 34.8 Å². The number of benzene rings is 2. The molecular weight excluding hydrogens is 428 g/mol. The number of rotatable bonds is 10. The van der Waals surface area contributed by atoms with E-state index in [-0.39, 0.29) is 6.61 Å². The van der Waals surface area contributed by atoms with Crippen molar-refractivity contribution in [2.24, 2.45) is 0 Å². The molecule has 0 aliphatic carbocycles. The number of carbonyl (C=O) groups is 1. The van der Waals surface area contributed by atoms with Crippen molar-refractivity contribution in [1.29, 1.82) is 0 Å². The number of aldehydes is 1. The van der Waals surface area contributed by atoms with Crippen LogP contribution in [0.3, 0.4) is 0 Å². The zero-order valence-corrected chi connectivity index (χ0v) is 20.4. The van der Waals surface area contributed by atoms with E-state index in [1.165, 1.54) is 31.3 Å². The molecule has 31 heavy (non-hydrogen) atoms. The zero-order valence-electron chi connectivity index (χ0n) is 18.7. The fourth-order valence-electron chi connectivity index (χ4n) is 3.64. The first-order chi connectivity index (χ1) is 15.1. The first-order valence-corrected chi connectivity index (χ1v) is 12.7. The summed E-state index contributed by atoms with van der Waals surface area (Å²) in [5, 5.41) is 0. The van der Waals surface area contributed by atoms with Crippen molar-refractivity contribution in [2.75, 3.05) is 38.5 Å². The first kappa shape index (κ1) is 24.0. The molecule has 3 rings (SSSR count). The van der Waals surface area contributed by atoms with E-state index in [0.29, 0.717) is 6.04 Å². The van der Waals surface area contributed by atoms with Crippen LogP contribution in [0.1, 0.15) is 26.2 Å². The van der Waals surface area contributed by atoms with Crippen molar-refractivity contribution in [2.45, 2.75) is 48.1 Å². The van der Waals surface area contributed by atoms with Gasteiger partial charge in [-0.1, -0.05) is 38.0 Å². The van der Waals surface area contributed by atoms with Crippen LogP contribution in [0.15, 0.2) is 52.3 Å². The number of fused-ring (bicyclic) bond motifs is 1. The normalized spacial score (nSPS) is 17.7. The molecule has 5 nitrogen and oxygen atoms in total. The Balaban J connectivity index is 2.00. The highest BCUT2D eigenvalue weighted by atomic mass is 32.2. The van der Waals surface area contributed by atoms with Gasteiger partial charge in [0.25, 0.3) is 0 Å². The molecule has 2 unspecified atom stereocenters. The van der Waals surface area contributed by atoms with Gasteiger partial charge in [-0.15, -0.1) is 11.8 Å². The van der Waals surface area contributed by atoms with E-state index in [2.05, 4.69) is 71.9 Å². The first-order valence-electron chi connectivity index (χ1n) is 10.7. The maximum Gasteiger partial charge on any atom is 0.152 e. The molecular formula is C24H32N2O3S2. The van der Waals surface area contributed by atoms with E-state index in [9.17, 15) is 4.79 Å². The van der Waals surface area contributed by atoms with Crippen LogP contribution in [-0.2, 0) is 9.53 Å². The Morgan fingerprint density at radius 1 is 1.29 bits per heavy atom. The zero-order chi connectivity index (χ0) is 22.2. The fourth-order valence-corrected chi connectivity index (χ4v) is 5.24. The second-order valence-corrected chi connectivity index (χ2v) is 9.62. The highest BCUT2D eigenvalue weighted by Crippen LogP contribution is 2.45. The van der Waals surface area contributed by atoms with Crippen molar-refractivity contribution in [3.63, 3.8) is 0 Å². The van der Waals surface area contributed by atoms with E-state index >= 15 is 0 Å². The SMILES string of the molecule is CCCCC1CN(c2ccccc2)c2cc(SC)c(OCC(C=O)OC)cc2SN1C. The quantitative estimate of drug-likeness (QED) is 0.258. The summed E-state index contributed by atoms with van der Waals surface area (Å²) < 4.78 is 13.5. The van der Waals surface area contributed by atoms with Gasteiger partial charge in [-0.25, -0.2) is 4.31 Å². The summed E-state index contributed by atoms with van der Waals surface area (Å²) in [6.07, 6.45) is 5.82. The summed E-state index contributed by atoms with van der Waals surface area (Å²) in [4.78, 5) is 15.8. The van der Waals surface area contributed by atoms with Gasteiger partial charge >= 0.3 is 0 Å². The number of likely N-dealkylation sites (N-methyl/N-ethyl adjacent to an activating group) is 1. The van der Waals surface area contributed by atoms with E-state index in [1.807, 2.05) is 0 Å². The number of methoxy groups -OCH3 is 1. The molecule has 168 valence electrons. The molecule has 0 bridgehead atoms. The predicted octanol–water partition coefficient (Wildman–Crippen LogP) is 5.65. The Hall–Kier alpha value is -1.67. The highest BCUT2D eigenvalue weighted by Gasteiger charge is 2.28. The fraction of sp³-hybridized carbons (Fsp3) is 0.458. The minimum atomic E-state index is -0.567. The molecule has 0 radical (unpaired) electrons. The number of unbranched alkanes of at least 4 members (excludes halogenated alkanes) is 1. The van der Waals surface area contributed by atoms with Crippen LogP contribution >= 0.6 is 23.7 Å². The van der Waals surface area contributed by atoms with E-state index < -0.39 is 6.10 Å². The molecule has 0 N–H and O–H groups in total. The second kappa shape index (κ2) is 11.8. The van der Waals surface area contributed by atoms with Crippen molar-refractivity contribution in [3.8, 4) is 5.75 Å². The lowest BCUT2D eigenvalue weighted by atomic mass is 10.1. The van der Waals surface area contributed by atoms with Crippen LogP contribution in [0, 0.1) is 0 Å². The van der Waals surface area contributed by atoms with Crippen LogP contribution in [0.25, 0.3) is 0 Å². The molecule has 2 aromatic carbocycles. The summed E-state index contributed by atoms with van der Waals surface area (Å²) in [7, 11) is 3.70. The number of para-hydroxylation sites is 1. The number of hydrogen-bond donors (Lipinski definition) is 0. The number of ether oxygens (including phenoxy) is 2. The molecule has 0 amide bonds. The molecule has 2 aromatic rings. The molecule has 1 aliphatic heterocycles. The maximum atomic E-state index is 11.1. The van der Waals surface area contributed by atoms with Gasteiger partial charge in [0.05, 0.1) is 15.5 Å². The third-order valence-electron chi connectivity index (χ3n) is 5.50. The van der Waals surface area contributed by atoms with Crippen LogP contribution in [-0.4, -0.2) is 56.3 Å². The maximum absolute atomic E-state index is 11.1. The van der Waals surface area contributed by atoms with Gasteiger partial charge < -0.3 is 19.2 Å². The monoisotopic (exact) mass is 460 g/mol. The van der Waals surface area contributed by atoms with Crippen molar-refractivity contribution in [1.82, 2.24) is 4.31 Å². The number of thioether (sulfide) groups is 1. The molecule has 7 heteroatoms. The summed E-state index contributed by atoms with van der Waals surface area (Å²) in [6.45, 7) is 3.38. The van der Waals surface area contributed by atoms with Crippen LogP contribution in [0.4, 0.5) is 11.4 Å². The Bertz CT molecular complexity index is 850. The van der Waals surface area contributed by atoms with Gasteiger partial charge in [-0.05, 0) is 55.9 Å². The molecule has 0 fully saturated rings. The molecule has 2 atom stereocenters. The smallest absolute Gasteiger partial charge is 0.152 e. The van der Waals surface area contributed by atoms with Gasteiger partial charge in [0.15, 0.2) is 6.29 Å². The Labute approximate surface area is 194 Å². The lowest BCUT2D eigenvalue weighted by Gasteiger charge is -2.30. The summed E-state index contributed by atoms with van der Waals surface area (Å²) >= 11 is 3.42. The standard InChI is InChI=1S/C24H32N2O3S2/c1-5-6-10-19-15-26(18-11-8-7-9-12-18)21-13-24(30-4)22(14-23(21)31-25(19)2)29-17-20(16-27)28-3/h7-9,11-14,16,19-20H,5-6,10,15,17H2,1-4H3. The lowest BCUT2D eigenvalue weighted by Crippen LogP contribution is -2.35. The predicted molar refractivity (Wildman–Crippen MR) is 131 cm³/mol. The minimum Gasteiger partial charge on any atom is -0.489 e. The molecule has 1 heterocycles. The van der Waals surface area contributed by atoms with Gasteiger partial charge in [0.1, 0.15) is 18.5 Å². The van der Waals surface area contributed by atoms with Crippen molar-refractivity contribution >= 4 is 41.4 Å². The summed E-state index contributed by atoms with van der Waals surface area (Å²) in [5.41, 5.74) is 2.39. The van der Waals surface area contributed by atoms with Crippen LogP contribution in [0.2, 0.25) is 0 Å². The number of carbonyl (C=O) groups excluding carboxylic acids is 1. The Morgan fingerprint density at radius 2 is 2.06 bits per heavy atom. The molecule has 0 spiro atoms. The topological polar surface area (TPSA) is 42.0 Å². The molecule has 0 aromatic heterocycles. The summed E-state index contributed by atoms with van der Waals surface area (Å²) in [6, 6.07) is 15.4. The molecule has 1 aliphatic rings. The average molecular weight is 461 g/mol. The van der Waals surface area contributed by atoms with Gasteiger partial charge in [0, 0.05) is 25.4 Å². The largest absolute Gasteiger partial charge is 0.489 e. The third-order valence-corrected chi connectivity index (χ3v) is 7.37. The lowest BCUT2D eigenvalue weighted by molar-refractivity contribution is -0.117. The number of hydrogen-bond acceptors (Lipinski definition) is 7. The minimum absolute atomic E-state index is 0.203. The van der Waals surface area contributed by atoms with E-state index in [4.69, 9.17) is 9.47 Å². The van der Waals surface area contributed by atoms with Crippen molar-refractivity contribution < 1.29 is 14.3 Å². The van der Waals surface area contributed by atoms with Gasteiger partial charge in [-0.2, -0.15) is 0 Å². The van der Waals surface area contributed by atoms with Gasteiger partial charge in [0.2, 0.25) is 0 Å². The van der Waals surface area contributed by atoms with Crippen molar-refractivity contribution in [3.05, 3.63) is 42.5 Å². The summed E-state index contributed by atoms with van der Waals surface area (Å²) in [5.74, 6) is 0.788. The van der Waals surface area contributed by atoms with Crippen LogP contribution < -0.4 is 9.64 Å². The molecule has 0 saturated heterocycles. The average Bonchev–Trinajstić information content (AvgIpc) is 2.93. The number of nitrogens with zero attached hydrogens (tertiary/aromatic N) is 2. The Kier molecular flexibility index (Phi) is 9.14. The highest BCUT2D eigenvalue weighted by molar-refractivity contribution is 7.98. The van der Waals surface area contributed by atoms with Crippen LogP contribution in [0.5, 0.6) is 5.75 Å². The molecule has 0 saturated carbocycles.